The number of rotatable bonds is 4. The van der Waals surface area contributed by atoms with Gasteiger partial charge in [-0.1, -0.05) is 30.3 Å². The van der Waals surface area contributed by atoms with Gasteiger partial charge in [-0.2, -0.15) is 0 Å². The van der Waals surface area contributed by atoms with Crippen molar-refractivity contribution in [3.8, 4) is 0 Å². The van der Waals surface area contributed by atoms with E-state index >= 15 is 0 Å². The summed E-state index contributed by atoms with van der Waals surface area (Å²) in [4.78, 5) is 0. The molecule has 0 amide bonds. The number of fused-ring (bicyclic) bond motifs is 1. The highest BCUT2D eigenvalue weighted by molar-refractivity contribution is 5.13. The highest BCUT2D eigenvalue weighted by atomic mass is 16.8. The van der Waals surface area contributed by atoms with Gasteiger partial charge in [0.05, 0.1) is 13.2 Å². The maximum Gasteiger partial charge on any atom is 0.187 e. The van der Waals surface area contributed by atoms with Crippen LogP contribution < -0.4 is 0 Å². The largest absolute Gasteiger partial charge is 0.394 e. The molecule has 1 aromatic rings. The Labute approximate surface area is 118 Å². The molecule has 0 radical (unpaired) electrons. The first-order valence-corrected chi connectivity index (χ1v) is 6.86. The number of hydrogen-bond acceptors (Lipinski definition) is 5. The molecule has 2 heterocycles. The van der Waals surface area contributed by atoms with E-state index in [4.69, 9.17) is 18.9 Å². The van der Waals surface area contributed by atoms with Crippen LogP contribution in [0.25, 0.3) is 0 Å². The van der Waals surface area contributed by atoms with Crippen molar-refractivity contribution in [2.75, 3.05) is 6.61 Å². The average molecular weight is 280 g/mol. The topological polar surface area (TPSA) is 57.2 Å². The molecule has 0 aliphatic carbocycles. The van der Waals surface area contributed by atoms with Gasteiger partial charge in [0.2, 0.25) is 0 Å². The van der Waals surface area contributed by atoms with Crippen LogP contribution in [0.15, 0.2) is 30.3 Å². The maximum atomic E-state index is 9.37. The van der Waals surface area contributed by atoms with E-state index in [1.54, 1.807) is 0 Å². The first-order valence-electron chi connectivity index (χ1n) is 6.86. The molecule has 110 valence electrons. The fraction of sp³-hybridized carbons (Fsp3) is 0.600. The van der Waals surface area contributed by atoms with Crippen LogP contribution in [0.3, 0.4) is 0 Å². The summed E-state index contributed by atoms with van der Waals surface area (Å²) in [5.74, 6) is -0.666. The van der Waals surface area contributed by atoms with Crippen molar-refractivity contribution in [3.63, 3.8) is 0 Å². The summed E-state index contributed by atoms with van der Waals surface area (Å²) >= 11 is 0. The minimum absolute atomic E-state index is 0.105. The molecule has 0 bridgehead atoms. The van der Waals surface area contributed by atoms with E-state index in [9.17, 15) is 5.11 Å². The highest BCUT2D eigenvalue weighted by Crippen LogP contribution is 2.39. The Morgan fingerprint density at radius 2 is 1.85 bits per heavy atom. The molecule has 1 N–H and O–H groups in total. The van der Waals surface area contributed by atoms with Crippen LogP contribution in [0.4, 0.5) is 0 Å². The van der Waals surface area contributed by atoms with Gasteiger partial charge in [0.1, 0.15) is 18.3 Å². The van der Waals surface area contributed by atoms with E-state index in [0.717, 1.165) is 5.56 Å². The van der Waals surface area contributed by atoms with E-state index in [-0.39, 0.29) is 18.8 Å². The van der Waals surface area contributed by atoms with Crippen LogP contribution in [0.1, 0.15) is 19.4 Å². The lowest BCUT2D eigenvalue weighted by Gasteiger charge is -2.23. The van der Waals surface area contributed by atoms with Gasteiger partial charge in [-0.15, -0.1) is 0 Å². The molecule has 4 atom stereocenters. The fourth-order valence-corrected chi connectivity index (χ4v) is 2.68. The number of ether oxygens (including phenoxy) is 4. The third-order valence-corrected chi connectivity index (χ3v) is 3.54. The summed E-state index contributed by atoms with van der Waals surface area (Å²) in [6, 6.07) is 9.87. The van der Waals surface area contributed by atoms with Gasteiger partial charge in [-0.05, 0) is 19.4 Å². The van der Waals surface area contributed by atoms with Crippen molar-refractivity contribution in [2.45, 2.75) is 50.8 Å². The molecule has 20 heavy (non-hydrogen) atoms. The molecule has 1 unspecified atom stereocenters. The molecule has 2 aliphatic rings. The van der Waals surface area contributed by atoms with Gasteiger partial charge in [0.25, 0.3) is 0 Å². The van der Waals surface area contributed by atoms with Crippen molar-refractivity contribution in [2.24, 2.45) is 0 Å². The Balaban J connectivity index is 1.65. The first kappa shape index (κ1) is 14.0. The molecule has 5 heteroatoms. The minimum Gasteiger partial charge on any atom is -0.394 e. The predicted molar refractivity (Wildman–Crippen MR) is 70.8 cm³/mol. The quantitative estimate of drug-likeness (QED) is 0.904. The molecule has 3 rings (SSSR count). The molecule has 0 saturated carbocycles. The van der Waals surface area contributed by atoms with Gasteiger partial charge in [-0.3, -0.25) is 0 Å². The van der Waals surface area contributed by atoms with Gasteiger partial charge < -0.3 is 24.1 Å². The van der Waals surface area contributed by atoms with Crippen LogP contribution in [0, 0.1) is 0 Å². The Bertz CT molecular complexity index is 447. The molecule has 1 aromatic carbocycles. The normalized spacial score (nSPS) is 35.1. The Kier molecular flexibility index (Phi) is 3.79. The van der Waals surface area contributed by atoms with Gasteiger partial charge in [0.15, 0.2) is 12.1 Å². The first-order chi connectivity index (χ1) is 9.59. The van der Waals surface area contributed by atoms with E-state index in [1.807, 2.05) is 44.2 Å². The lowest BCUT2D eigenvalue weighted by molar-refractivity contribution is -0.239. The molecule has 2 saturated heterocycles. The summed E-state index contributed by atoms with van der Waals surface area (Å²) in [6.07, 6.45) is -1.50. The minimum atomic E-state index is -0.666. The van der Waals surface area contributed by atoms with Crippen molar-refractivity contribution in [1.82, 2.24) is 0 Å². The zero-order valence-electron chi connectivity index (χ0n) is 11.7. The summed E-state index contributed by atoms with van der Waals surface area (Å²) in [5, 5.41) is 9.37. The summed E-state index contributed by atoms with van der Waals surface area (Å²) in [5.41, 5.74) is 1.07. The van der Waals surface area contributed by atoms with Crippen molar-refractivity contribution in [3.05, 3.63) is 35.9 Å². The van der Waals surface area contributed by atoms with Crippen LogP contribution in [0.2, 0.25) is 0 Å². The second-order valence-electron chi connectivity index (χ2n) is 5.59. The van der Waals surface area contributed by atoms with Gasteiger partial charge >= 0.3 is 0 Å². The molecular weight excluding hydrogens is 260 g/mol. The molecule has 2 aliphatic heterocycles. The third kappa shape index (κ3) is 2.73. The fourth-order valence-electron chi connectivity index (χ4n) is 2.68. The SMILES string of the molecule is CC1(C)O[C@@H]2[C@@H](CO)OC(OCc3ccccc3)[C@@H]2O1. The van der Waals surface area contributed by atoms with Crippen LogP contribution >= 0.6 is 0 Å². The number of benzene rings is 1. The molecule has 5 nitrogen and oxygen atoms in total. The van der Waals surface area contributed by atoms with Crippen LogP contribution in [0.5, 0.6) is 0 Å². The zero-order valence-corrected chi connectivity index (χ0v) is 11.7. The summed E-state index contributed by atoms with van der Waals surface area (Å²) in [7, 11) is 0. The lowest BCUT2D eigenvalue weighted by Crippen LogP contribution is -2.32. The van der Waals surface area contributed by atoms with E-state index in [2.05, 4.69) is 0 Å². The van der Waals surface area contributed by atoms with E-state index in [1.165, 1.54) is 0 Å². The second kappa shape index (κ2) is 5.42. The predicted octanol–water partition coefficient (Wildman–Crippen LogP) is 1.44. The van der Waals surface area contributed by atoms with Crippen LogP contribution in [-0.4, -0.2) is 42.1 Å². The molecule has 0 spiro atoms. The Morgan fingerprint density at radius 1 is 1.15 bits per heavy atom. The Morgan fingerprint density at radius 3 is 2.55 bits per heavy atom. The monoisotopic (exact) mass is 280 g/mol. The summed E-state index contributed by atoms with van der Waals surface area (Å²) < 4.78 is 23.1. The second-order valence-corrected chi connectivity index (χ2v) is 5.59. The maximum absolute atomic E-state index is 9.37. The van der Waals surface area contributed by atoms with Gasteiger partial charge in [-0.25, -0.2) is 0 Å². The molecule has 0 aromatic heterocycles. The lowest BCUT2D eigenvalue weighted by atomic mass is 10.1. The van der Waals surface area contributed by atoms with Crippen molar-refractivity contribution >= 4 is 0 Å². The standard InChI is InChI=1S/C15H20O5/c1-15(2)19-12-11(8-16)18-14(13(12)20-15)17-9-10-6-4-3-5-7-10/h3-7,11-14,16H,8-9H2,1-2H3/t11-,12-,13-,14?/m1/s1. The van der Waals surface area contributed by atoms with Crippen LogP contribution in [-0.2, 0) is 25.6 Å². The summed E-state index contributed by atoms with van der Waals surface area (Å²) in [6.45, 7) is 4.05. The molecule has 2 fully saturated rings. The number of hydrogen-bond donors (Lipinski definition) is 1. The third-order valence-electron chi connectivity index (χ3n) is 3.54. The van der Waals surface area contributed by atoms with Crippen molar-refractivity contribution < 1.29 is 24.1 Å². The van der Waals surface area contributed by atoms with E-state index < -0.39 is 18.2 Å². The Hall–Kier alpha value is -0.980. The van der Waals surface area contributed by atoms with Gasteiger partial charge in [0, 0.05) is 0 Å². The smallest absolute Gasteiger partial charge is 0.187 e. The van der Waals surface area contributed by atoms with Crippen molar-refractivity contribution in [1.29, 1.82) is 0 Å². The zero-order chi connectivity index (χ0) is 14.2. The average Bonchev–Trinajstić information content (AvgIpc) is 2.91. The number of aliphatic hydroxyl groups is 1. The molecular formula is C15H20O5. The van der Waals surface area contributed by atoms with E-state index in [0.29, 0.717) is 6.61 Å². The number of aliphatic hydroxyl groups excluding tert-OH is 1. The highest BCUT2D eigenvalue weighted by Gasteiger charge is 2.55.